The Balaban J connectivity index is 2.07. The van der Waals surface area contributed by atoms with Crippen LogP contribution in [0.5, 0.6) is 0 Å². The summed E-state index contributed by atoms with van der Waals surface area (Å²) >= 11 is 11.9. The zero-order valence-corrected chi connectivity index (χ0v) is 12.3. The number of ether oxygens (including phenoxy) is 1. The number of anilines is 1. The topological polar surface area (TPSA) is 76.1 Å². The molecule has 0 bridgehead atoms. The molecule has 2 aromatic rings. The van der Waals surface area contributed by atoms with Gasteiger partial charge in [-0.2, -0.15) is 5.26 Å². The molecule has 21 heavy (non-hydrogen) atoms. The molecule has 2 N–H and O–H groups in total. The van der Waals surface area contributed by atoms with Gasteiger partial charge in [0.1, 0.15) is 6.61 Å². The maximum atomic E-state index is 11.9. The fourth-order valence-electron chi connectivity index (χ4n) is 1.61. The molecule has 0 aliphatic rings. The van der Waals surface area contributed by atoms with Gasteiger partial charge in [-0.3, -0.25) is 0 Å². The first-order chi connectivity index (χ1) is 10.0. The van der Waals surface area contributed by atoms with Crippen molar-refractivity contribution in [3.63, 3.8) is 0 Å². The number of carbonyl (C=O) groups is 1. The van der Waals surface area contributed by atoms with Crippen molar-refractivity contribution in [3.05, 3.63) is 63.1 Å². The van der Waals surface area contributed by atoms with E-state index < -0.39 is 5.97 Å². The normalized spacial score (nSPS) is 9.95. The van der Waals surface area contributed by atoms with E-state index in [2.05, 4.69) is 0 Å². The molecule has 0 aliphatic carbocycles. The molecule has 0 saturated heterocycles. The number of carbonyl (C=O) groups excluding carboxylic acids is 1. The molecule has 2 rings (SSSR count). The first kappa shape index (κ1) is 15.2. The van der Waals surface area contributed by atoms with Crippen LogP contribution in [-0.4, -0.2) is 5.97 Å². The lowest BCUT2D eigenvalue weighted by Crippen LogP contribution is -2.06. The second-order valence-electron chi connectivity index (χ2n) is 4.23. The number of esters is 1. The van der Waals surface area contributed by atoms with Crippen LogP contribution < -0.4 is 5.73 Å². The molecule has 0 radical (unpaired) electrons. The summed E-state index contributed by atoms with van der Waals surface area (Å²) in [6, 6.07) is 11.3. The molecule has 0 atom stereocenters. The maximum absolute atomic E-state index is 11.9. The highest BCUT2D eigenvalue weighted by Gasteiger charge is 2.11. The molecule has 106 valence electrons. The monoisotopic (exact) mass is 320 g/mol. The van der Waals surface area contributed by atoms with E-state index in [1.54, 1.807) is 12.1 Å². The first-order valence-corrected chi connectivity index (χ1v) is 6.67. The maximum Gasteiger partial charge on any atom is 0.338 e. The minimum atomic E-state index is -0.530. The minimum Gasteiger partial charge on any atom is -0.457 e. The summed E-state index contributed by atoms with van der Waals surface area (Å²) in [4.78, 5) is 11.9. The summed E-state index contributed by atoms with van der Waals surface area (Å²) in [5.74, 6) is -0.530. The number of nitrogens with zero attached hydrogens (tertiary/aromatic N) is 1. The van der Waals surface area contributed by atoms with Gasteiger partial charge in [0.05, 0.1) is 27.9 Å². The predicted molar refractivity (Wildman–Crippen MR) is 81.2 cm³/mol. The fourth-order valence-corrected chi connectivity index (χ4v) is 2.03. The Bertz CT molecular complexity index is 739. The van der Waals surface area contributed by atoms with Crippen molar-refractivity contribution in [2.75, 3.05) is 5.73 Å². The molecule has 0 fully saturated rings. The number of hydrogen-bond acceptors (Lipinski definition) is 4. The van der Waals surface area contributed by atoms with Gasteiger partial charge in [0.2, 0.25) is 0 Å². The van der Waals surface area contributed by atoms with Gasteiger partial charge in [0, 0.05) is 10.6 Å². The number of rotatable bonds is 3. The third kappa shape index (κ3) is 3.66. The summed E-state index contributed by atoms with van der Waals surface area (Å²) in [6.07, 6.45) is 0. The zero-order chi connectivity index (χ0) is 15.4. The Morgan fingerprint density at radius 3 is 2.57 bits per heavy atom. The quantitative estimate of drug-likeness (QED) is 0.689. The third-order valence-corrected chi connectivity index (χ3v) is 3.46. The Morgan fingerprint density at radius 2 is 1.95 bits per heavy atom. The van der Waals surface area contributed by atoms with Crippen LogP contribution >= 0.6 is 23.2 Å². The molecule has 0 aromatic heterocycles. The average molecular weight is 321 g/mol. The van der Waals surface area contributed by atoms with E-state index in [0.717, 1.165) is 0 Å². The Hall–Kier alpha value is -2.22. The van der Waals surface area contributed by atoms with Crippen molar-refractivity contribution in [2.24, 2.45) is 0 Å². The van der Waals surface area contributed by atoms with Crippen LogP contribution in [0.3, 0.4) is 0 Å². The highest BCUT2D eigenvalue weighted by molar-refractivity contribution is 6.33. The van der Waals surface area contributed by atoms with Crippen molar-refractivity contribution in [3.8, 4) is 6.07 Å². The molecular weight excluding hydrogens is 311 g/mol. The molecule has 6 heteroatoms. The van der Waals surface area contributed by atoms with Gasteiger partial charge < -0.3 is 10.5 Å². The Labute approximate surface area is 131 Å². The summed E-state index contributed by atoms with van der Waals surface area (Å²) in [5.41, 5.74) is 7.33. The van der Waals surface area contributed by atoms with Crippen molar-refractivity contribution < 1.29 is 9.53 Å². The number of nitrogen functional groups attached to an aromatic ring is 1. The minimum absolute atomic E-state index is 0.00533. The number of benzene rings is 2. The molecule has 2 aromatic carbocycles. The SMILES string of the molecule is N#Cc1ccc(COC(=O)c2ccc(N)c(Cl)c2)c(Cl)c1. The van der Waals surface area contributed by atoms with Crippen molar-refractivity contribution in [2.45, 2.75) is 6.61 Å². The fraction of sp³-hybridized carbons (Fsp3) is 0.0667. The Morgan fingerprint density at radius 1 is 1.19 bits per heavy atom. The van der Waals surface area contributed by atoms with Crippen LogP contribution in [0.1, 0.15) is 21.5 Å². The number of nitriles is 1. The van der Waals surface area contributed by atoms with Crippen molar-refractivity contribution >= 4 is 34.9 Å². The molecule has 0 unspecified atom stereocenters. The zero-order valence-electron chi connectivity index (χ0n) is 10.8. The molecule has 0 heterocycles. The van der Waals surface area contributed by atoms with Crippen LogP contribution in [0.25, 0.3) is 0 Å². The summed E-state index contributed by atoms with van der Waals surface area (Å²) in [6.45, 7) is 0.00533. The number of hydrogen-bond donors (Lipinski definition) is 1. The molecule has 4 nitrogen and oxygen atoms in total. The standard InChI is InChI=1S/C15H10Cl2N2O2/c16-12-5-9(7-18)1-2-11(12)8-21-15(20)10-3-4-14(19)13(17)6-10/h1-6H,8,19H2. The van der Waals surface area contributed by atoms with E-state index in [4.69, 9.17) is 38.9 Å². The Kier molecular flexibility index (Phi) is 4.69. The van der Waals surface area contributed by atoms with Crippen LogP contribution in [0, 0.1) is 11.3 Å². The smallest absolute Gasteiger partial charge is 0.338 e. The third-order valence-electron chi connectivity index (χ3n) is 2.78. The van der Waals surface area contributed by atoms with E-state index in [1.807, 2.05) is 6.07 Å². The lowest BCUT2D eigenvalue weighted by Gasteiger charge is -2.07. The predicted octanol–water partition coefficient (Wildman–Crippen LogP) is 3.80. The number of nitrogens with two attached hydrogens (primary N) is 1. The van der Waals surface area contributed by atoms with Gasteiger partial charge in [0.15, 0.2) is 0 Å². The first-order valence-electron chi connectivity index (χ1n) is 5.92. The lowest BCUT2D eigenvalue weighted by molar-refractivity contribution is 0.0473. The van der Waals surface area contributed by atoms with Crippen molar-refractivity contribution in [1.82, 2.24) is 0 Å². The van der Waals surface area contributed by atoms with Gasteiger partial charge >= 0.3 is 5.97 Å². The molecular formula is C15H10Cl2N2O2. The number of halogens is 2. The van der Waals surface area contributed by atoms with E-state index in [1.165, 1.54) is 24.3 Å². The van der Waals surface area contributed by atoms with E-state index in [-0.39, 0.29) is 6.61 Å². The lowest BCUT2D eigenvalue weighted by atomic mass is 10.1. The van der Waals surface area contributed by atoms with Gasteiger partial charge in [-0.05, 0) is 30.3 Å². The highest BCUT2D eigenvalue weighted by Crippen LogP contribution is 2.22. The van der Waals surface area contributed by atoms with Crippen LogP contribution in [0.15, 0.2) is 36.4 Å². The van der Waals surface area contributed by atoms with Gasteiger partial charge in [-0.15, -0.1) is 0 Å². The van der Waals surface area contributed by atoms with Gasteiger partial charge in [-0.25, -0.2) is 4.79 Å². The highest BCUT2D eigenvalue weighted by atomic mass is 35.5. The average Bonchev–Trinajstić information content (AvgIpc) is 2.48. The summed E-state index contributed by atoms with van der Waals surface area (Å²) < 4.78 is 5.16. The summed E-state index contributed by atoms with van der Waals surface area (Å²) in [5, 5.41) is 9.42. The van der Waals surface area contributed by atoms with E-state index in [0.29, 0.717) is 32.4 Å². The van der Waals surface area contributed by atoms with Crippen LogP contribution in [0.2, 0.25) is 10.0 Å². The van der Waals surface area contributed by atoms with Crippen molar-refractivity contribution in [1.29, 1.82) is 5.26 Å². The van der Waals surface area contributed by atoms with E-state index in [9.17, 15) is 4.79 Å². The summed E-state index contributed by atoms with van der Waals surface area (Å²) in [7, 11) is 0. The second kappa shape index (κ2) is 6.49. The molecule has 0 saturated carbocycles. The van der Waals surface area contributed by atoms with Crippen LogP contribution in [-0.2, 0) is 11.3 Å². The molecule has 0 amide bonds. The van der Waals surface area contributed by atoms with Gasteiger partial charge in [-0.1, -0.05) is 29.3 Å². The largest absolute Gasteiger partial charge is 0.457 e. The van der Waals surface area contributed by atoms with Gasteiger partial charge in [0.25, 0.3) is 0 Å². The second-order valence-corrected chi connectivity index (χ2v) is 5.04. The molecule has 0 aliphatic heterocycles. The molecule has 0 spiro atoms. The van der Waals surface area contributed by atoms with Crippen LogP contribution in [0.4, 0.5) is 5.69 Å². The van der Waals surface area contributed by atoms with E-state index >= 15 is 0 Å².